The standard InChI is InChI=1S/C10H17N2O2/c11-10(14)12-9(13)7-6-8-4-2-1-3-5-8/h7-8H,1-6H2,(H3,11,12,13,14). The largest absolute Gasteiger partial charge is 0.351 e. The molecule has 1 fully saturated rings. The number of rotatable bonds is 3. The lowest BCUT2D eigenvalue weighted by atomic mass is 9.86. The van der Waals surface area contributed by atoms with Crippen molar-refractivity contribution in [1.82, 2.24) is 5.32 Å². The zero-order valence-corrected chi connectivity index (χ0v) is 8.29. The fraction of sp³-hybridized carbons (Fsp3) is 0.700. The third-order valence-electron chi connectivity index (χ3n) is 2.61. The Kier molecular flexibility index (Phi) is 4.43. The number of nitrogens with one attached hydrogen (secondary N) is 1. The molecule has 0 atom stereocenters. The summed E-state index contributed by atoms with van der Waals surface area (Å²) in [6, 6.07) is -0.783. The van der Waals surface area contributed by atoms with E-state index in [0.717, 1.165) is 6.42 Å². The normalized spacial score (nSPS) is 17.7. The van der Waals surface area contributed by atoms with E-state index in [0.29, 0.717) is 5.92 Å². The Bertz CT molecular complexity index is 210. The Morgan fingerprint density at radius 1 is 1.29 bits per heavy atom. The maximum absolute atomic E-state index is 11.0. The highest BCUT2D eigenvalue weighted by molar-refractivity contribution is 5.97. The number of imide groups is 1. The summed E-state index contributed by atoms with van der Waals surface area (Å²) >= 11 is 0. The van der Waals surface area contributed by atoms with Crippen molar-refractivity contribution in [1.29, 1.82) is 0 Å². The van der Waals surface area contributed by atoms with E-state index in [1.165, 1.54) is 38.5 Å². The third kappa shape index (κ3) is 4.25. The van der Waals surface area contributed by atoms with Crippen molar-refractivity contribution in [2.45, 2.75) is 38.5 Å². The highest BCUT2D eigenvalue weighted by Gasteiger charge is 2.15. The maximum Gasteiger partial charge on any atom is 0.318 e. The van der Waals surface area contributed by atoms with Crippen molar-refractivity contribution in [2.24, 2.45) is 11.7 Å². The first kappa shape index (κ1) is 11.0. The smallest absolute Gasteiger partial charge is 0.318 e. The predicted molar refractivity (Wildman–Crippen MR) is 53.2 cm³/mol. The minimum absolute atomic E-state index is 0.372. The molecule has 0 aromatic carbocycles. The number of carbonyl (C=O) groups is 2. The van der Waals surface area contributed by atoms with Gasteiger partial charge in [0, 0.05) is 0 Å². The quantitative estimate of drug-likeness (QED) is 0.717. The molecular weight excluding hydrogens is 180 g/mol. The minimum Gasteiger partial charge on any atom is -0.351 e. The molecule has 0 aromatic heterocycles. The Balaban J connectivity index is 2.12. The summed E-state index contributed by atoms with van der Waals surface area (Å²) in [5.74, 6) is 0.241. The lowest BCUT2D eigenvalue weighted by Gasteiger charge is -2.20. The van der Waals surface area contributed by atoms with Crippen LogP contribution in [0.1, 0.15) is 38.5 Å². The number of hydrogen-bond acceptors (Lipinski definition) is 2. The van der Waals surface area contributed by atoms with E-state index in [1.54, 1.807) is 0 Å². The van der Waals surface area contributed by atoms with Crippen molar-refractivity contribution in [2.75, 3.05) is 0 Å². The molecule has 0 aliphatic heterocycles. The van der Waals surface area contributed by atoms with Gasteiger partial charge in [-0.2, -0.15) is 0 Å². The van der Waals surface area contributed by atoms with Gasteiger partial charge >= 0.3 is 6.03 Å². The molecule has 79 valence electrons. The van der Waals surface area contributed by atoms with Gasteiger partial charge in [-0.1, -0.05) is 32.1 Å². The summed E-state index contributed by atoms with van der Waals surface area (Å²) in [4.78, 5) is 21.4. The summed E-state index contributed by atoms with van der Waals surface area (Å²) in [6.07, 6.45) is 8.51. The monoisotopic (exact) mass is 197 g/mol. The Hall–Kier alpha value is -1.06. The Morgan fingerprint density at radius 3 is 2.50 bits per heavy atom. The highest BCUT2D eigenvalue weighted by atomic mass is 16.2. The number of primary amides is 1. The van der Waals surface area contributed by atoms with Crippen LogP contribution in [-0.2, 0) is 4.79 Å². The van der Waals surface area contributed by atoms with Crippen LogP contribution in [0.25, 0.3) is 0 Å². The predicted octanol–water partition coefficient (Wildman–Crippen LogP) is 1.36. The molecular formula is C10H17N2O2. The summed E-state index contributed by atoms with van der Waals surface area (Å²) in [5.41, 5.74) is 4.81. The highest BCUT2D eigenvalue weighted by Crippen LogP contribution is 2.26. The lowest BCUT2D eigenvalue weighted by molar-refractivity contribution is -0.117. The van der Waals surface area contributed by atoms with E-state index in [2.05, 4.69) is 0 Å². The van der Waals surface area contributed by atoms with Gasteiger partial charge in [0.2, 0.25) is 5.91 Å². The molecule has 0 aromatic rings. The number of amides is 3. The molecule has 1 aliphatic carbocycles. The van der Waals surface area contributed by atoms with Gasteiger partial charge in [-0.3, -0.25) is 10.1 Å². The fourth-order valence-electron chi connectivity index (χ4n) is 1.87. The average molecular weight is 197 g/mol. The maximum atomic E-state index is 11.0. The van der Waals surface area contributed by atoms with Crippen molar-refractivity contribution in [3.05, 3.63) is 6.42 Å². The van der Waals surface area contributed by atoms with Crippen molar-refractivity contribution in [3.63, 3.8) is 0 Å². The van der Waals surface area contributed by atoms with Crippen molar-refractivity contribution in [3.8, 4) is 0 Å². The van der Waals surface area contributed by atoms with Crippen LogP contribution in [0.4, 0.5) is 4.79 Å². The zero-order valence-electron chi connectivity index (χ0n) is 8.29. The summed E-state index contributed by atoms with van der Waals surface area (Å²) < 4.78 is 0. The number of hydrogen-bond donors (Lipinski definition) is 2. The molecule has 14 heavy (non-hydrogen) atoms. The molecule has 0 spiro atoms. The number of urea groups is 1. The first-order valence-electron chi connectivity index (χ1n) is 5.12. The second-order valence-corrected chi connectivity index (χ2v) is 3.80. The van der Waals surface area contributed by atoms with Gasteiger partial charge in [-0.05, 0) is 12.3 Å². The van der Waals surface area contributed by atoms with Gasteiger partial charge in [-0.25, -0.2) is 4.79 Å². The number of nitrogens with two attached hydrogens (primary N) is 1. The zero-order chi connectivity index (χ0) is 10.4. The van der Waals surface area contributed by atoms with Crippen LogP contribution < -0.4 is 11.1 Å². The number of carbonyl (C=O) groups excluding carboxylic acids is 2. The molecule has 1 aliphatic rings. The van der Waals surface area contributed by atoms with Crippen LogP contribution in [0.15, 0.2) is 0 Å². The SMILES string of the molecule is NC(=O)NC(=O)[CH]CC1CCCCC1. The molecule has 3 N–H and O–H groups in total. The van der Waals surface area contributed by atoms with Gasteiger partial charge in [0.1, 0.15) is 0 Å². The Labute approximate surface area is 84.2 Å². The van der Waals surface area contributed by atoms with Gasteiger partial charge in [-0.15, -0.1) is 0 Å². The minimum atomic E-state index is -0.783. The molecule has 4 nitrogen and oxygen atoms in total. The summed E-state index contributed by atoms with van der Waals surface area (Å²) in [6.45, 7) is 0. The first-order valence-corrected chi connectivity index (χ1v) is 5.12. The molecule has 0 unspecified atom stereocenters. The van der Waals surface area contributed by atoms with Crippen LogP contribution in [-0.4, -0.2) is 11.9 Å². The third-order valence-corrected chi connectivity index (χ3v) is 2.61. The van der Waals surface area contributed by atoms with Crippen molar-refractivity contribution < 1.29 is 9.59 Å². The molecule has 1 saturated carbocycles. The van der Waals surface area contributed by atoms with Gasteiger partial charge in [0.15, 0.2) is 0 Å². The second-order valence-electron chi connectivity index (χ2n) is 3.80. The van der Waals surface area contributed by atoms with Crippen LogP contribution in [0, 0.1) is 12.3 Å². The van der Waals surface area contributed by atoms with Crippen LogP contribution in [0.3, 0.4) is 0 Å². The molecule has 1 rings (SSSR count). The van der Waals surface area contributed by atoms with Crippen LogP contribution >= 0.6 is 0 Å². The lowest BCUT2D eigenvalue weighted by Crippen LogP contribution is -2.35. The van der Waals surface area contributed by atoms with Gasteiger partial charge in [0.25, 0.3) is 0 Å². The fourth-order valence-corrected chi connectivity index (χ4v) is 1.87. The van der Waals surface area contributed by atoms with Crippen LogP contribution in [0.2, 0.25) is 0 Å². The second kappa shape index (κ2) is 5.62. The van der Waals surface area contributed by atoms with E-state index in [1.807, 2.05) is 5.32 Å². The summed E-state index contributed by atoms with van der Waals surface area (Å²) in [5, 5.41) is 2.03. The molecule has 3 amide bonds. The van der Waals surface area contributed by atoms with Crippen molar-refractivity contribution >= 4 is 11.9 Å². The van der Waals surface area contributed by atoms with E-state index in [-0.39, 0.29) is 5.91 Å². The average Bonchev–Trinajstić information content (AvgIpc) is 2.15. The van der Waals surface area contributed by atoms with E-state index >= 15 is 0 Å². The molecule has 0 bridgehead atoms. The van der Waals surface area contributed by atoms with E-state index < -0.39 is 6.03 Å². The molecule has 4 heteroatoms. The first-order chi connectivity index (χ1) is 6.68. The van der Waals surface area contributed by atoms with Gasteiger partial charge in [0.05, 0.1) is 6.42 Å². The van der Waals surface area contributed by atoms with Gasteiger partial charge < -0.3 is 5.73 Å². The molecule has 1 radical (unpaired) electrons. The summed E-state index contributed by atoms with van der Waals surface area (Å²) in [7, 11) is 0. The molecule has 0 saturated heterocycles. The Morgan fingerprint density at radius 2 is 1.93 bits per heavy atom. The topological polar surface area (TPSA) is 72.2 Å². The molecule has 0 heterocycles. The van der Waals surface area contributed by atoms with E-state index in [9.17, 15) is 9.59 Å². The van der Waals surface area contributed by atoms with E-state index in [4.69, 9.17) is 5.73 Å². The van der Waals surface area contributed by atoms with Crippen LogP contribution in [0.5, 0.6) is 0 Å².